The van der Waals surface area contributed by atoms with Crippen molar-refractivity contribution in [3.63, 3.8) is 0 Å². The molecule has 0 radical (unpaired) electrons. The molecular weight excluding hydrogens is 238 g/mol. The van der Waals surface area contributed by atoms with Crippen LogP contribution in [0.2, 0.25) is 0 Å². The number of nitrogens with zero attached hydrogens (tertiary/aromatic N) is 2. The zero-order valence-electron chi connectivity index (χ0n) is 11.3. The van der Waals surface area contributed by atoms with Gasteiger partial charge in [-0.3, -0.25) is 4.90 Å². The number of aliphatic imine (C=N–C) groups is 1. The molecule has 0 saturated carbocycles. The average Bonchev–Trinajstić information content (AvgIpc) is 2.62. The quantitative estimate of drug-likeness (QED) is 0.823. The van der Waals surface area contributed by atoms with E-state index < -0.39 is 0 Å². The molecule has 1 heterocycles. The molecule has 2 amide bonds. The Labute approximate surface area is 113 Å². The monoisotopic (exact) mass is 255 g/mol. The number of carbonyl (C=O) groups excluding carboxylic acids is 1. The summed E-state index contributed by atoms with van der Waals surface area (Å²) in [6.45, 7) is 5.81. The van der Waals surface area contributed by atoms with Gasteiger partial charge in [-0.25, -0.2) is 4.79 Å². The predicted octanol–water partition coefficient (Wildman–Crippen LogP) is 2.16. The van der Waals surface area contributed by atoms with Gasteiger partial charge in [-0.05, 0) is 26.3 Å². The van der Waals surface area contributed by atoms with Crippen LogP contribution in [0.3, 0.4) is 0 Å². The smallest absolute Gasteiger partial charge is 0.347 e. The highest BCUT2D eigenvalue weighted by atomic mass is 16.2. The third kappa shape index (κ3) is 2.32. The fraction of sp³-hybridized carbons (Fsp3) is 0.333. The van der Waals surface area contributed by atoms with Gasteiger partial charge in [0.25, 0.3) is 0 Å². The lowest BCUT2D eigenvalue weighted by atomic mass is 9.99. The lowest BCUT2D eigenvalue weighted by Gasteiger charge is -2.27. The number of rotatable bonds is 2. The summed E-state index contributed by atoms with van der Waals surface area (Å²) >= 11 is 0. The number of carbonyl (C=O) groups is 1. The van der Waals surface area contributed by atoms with E-state index in [1.54, 1.807) is 11.8 Å². The SMILES string of the molecule is C#CC(C)N1C(=O)N=C(N)C1c1cc(C)cc(C)c1. The number of benzene rings is 1. The normalized spacial score (nSPS) is 20.1. The second kappa shape index (κ2) is 4.77. The minimum absolute atomic E-state index is 0.303. The van der Waals surface area contributed by atoms with Gasteiger partial charge in [-0.2, -0.15) is 4.99 Å². The van der Waals surface area contributed by atoms with Crippen molar-refractivity contribution in [2.45, 2.75) is 32.9 Å². The second-order valence-corrected chi connectivity index (χ2v) is 4.89. The number of nitrogens with two attached hydrogens (primary N) is 1. The van der Waals surface area contributed by atoms with Crippen LogP contribution >= 0.6 is 0 Å². The van der Waals surface area contributed by atoms with Crippen molar-refractivity contribution in [3.8, 4) is 12.3 Å². The molecule has 2 atom stereocenters. The topological polar surface area (TPSA) is 58.7 Å². The zero-order valence-corrected chi connectivity index (χ0v) is 11.3. The van der Waals surface area contributed by atoms with Crippen molar-refractivity contribution >= 4 is 11.9 Å². The summed E-state index contributed by atoms with van der Waals surface area (Å²) in [6, 6.07) is 5.01. The zero-order chi connectivity index (χ0) is 14.2. The van der Waals surface area contributed by atoms with Gasteiger partial charge in [0.1, 0.15) is 11.9 Å². The number of urea groups is 1. The first-order valence-corrected chi connectivity index (χ1v) is 6.14. The van der Waals surface area contributed by atoms with Crippen LogP contribution in [0.1, 0.15) is 29.7 Å². The summed E-state index contributed by atoms with van der Waals surface area (Å²) < 4.78 is 0. The molecule has 4 nitrogen and oxygen atoms in total. The van der Waals surface area contributed by atoms with E-state index in [2.05, 4.69) is 17.0 Å². The Morgan fingerprint density at radius 2 is 1.95 bits per heavy atom. The van der Waals surface area contributed by atoms with Crippen LogP contribution in [-0.4, -0.2) is 22.8 Å². The van der Waals surface area contributed by atoms with Crippen molar-refractivity contribution in [1.82, 2.24) is 4.90 Å². The third-order valence-electron chi connectivity index (χ3n) is 3.22. The van der Waals surface area contributed by atoms with E-state index in [0.717, 1.165) is 16.7 Å². The van der Waals surface area contributed by atoms with Gasteiger partial charge in [0.05, 0.1) is 6.04 Å². The number of aryl methyl sites for hydroxylation is 2. The Morgan fingerprint density at radius 1 is 1.37 bits per heavy atom. The van der Waals surface area contributed by atoms with Crippen molar-refractivity contribution in [2.75, 3.05) is 0 Å². The van der Waals surface area contributed by atoms with Crippen LogP contribution < -0.4 is 5.73 Å². The molecule has 0 bridgehead atoms. The summed E-state index contributed by atoms with van der Waals surface area (Å²) in [5, 5.41) is 0. The highest BCUT2D eigenvalue weighted by Crippen LogP contribution is 2.30. The lowest BCUT2D eigenvalue weighted by molar-refractivity contribution is 0.199. The first-order chi connectivity index (χ1) is 8.93. The van der Waals surface area contributed by atoms with Gasteiger partial charge in [0.2, 0.25) is 0 Å². The number of amidine groups is 1. The molecule has 1 aliphatic heterocycles. The van der Waals surface area contributed by atoms with Crippen LogP contribution in [0.5, 0.6) is 0 Å². The number of terminal acetylenes is 1. The van der Waals surface area contributed by atoms with E-state index in [0.29, 0.717) is 5.84 Å². The van der Waals surface area contributed by atoms with Gasteiger partial charge >= 0.3 is 6.03 Å². The summed E-state index contributed by atoms with van der Waals surface area (Å²) in [5.74, 6) is 2.87. The molecule has 0 saturated heterocycles. The predicted molar refractivity (Wildman–Crippen MR) is 75.8 cm³/mol. The first kappa shape index (κ1) is 13.2. The summed E-state index contributed by atoms with van der Waals surface area (Å²) in [6.07, 6.45) is 5.42. The Hall–Kier alpha value is -2.28. The van der Waals surface area contributed by atoms with Crippen LogP contribution in [0, 0.1) is 26.2 Å². The third-order valence-corrected chi connectivity index (χ3v) is 3.22. The largest absolute Gasteiger partial charge is 0.385 e. The van der Waals surface area contributed by atoms with E-state index in [-0.39, 0.29) is 18.1 Å². The van der Waals surface area contributed by atoms with Crippen LogP contribution in [0.25, 0.3) is 0 Å². The maximum Gasteiger partial charge on any atom is 0.347 e. The van der Waals surface area contributed by atoms with Crippen molar-refractivity contribution in [2.24, 2.45) is 10.7 Å². The van der Waals surface area contributed by atoms with E-state index in [4.69, 9.17) is 12.2 Å². The average molecular weight is 255 g/mol. The van der Waals surface area contributed by atoms with E-state index in [1.807, 2.05) is 26.0 Å². The molecule has 4 heteroatoms. The van der Waals surface area contributed by atoms with Crippen LogP contribution in [-0.2, 0) is 0 Å². The minimum atomic E-state index is -0.368. The standard InChI is InChI=1S/C15H17N3O/c1-5-11(4)18-13(14(16)17-15(18)19)12-7-9(2)6-10(3)8-12/h1,6-8,11,13H,2-4H3,(H2,16,17,19). The van der Waals surface area contributed by atoms with E-state index in [9.17, 15) is 4.79 Å². The summed E-state index contributed by atoms with van der Waals surface area (Å²) in [5.41, 5.74) is 9.10. The highest BCUT2D eigenvalue weighted by Gasteiger charge is 2.37. The second-order valence-electron chi connectivity index (χ2n) is 4.89. The van der Waals surface area contributed by atoms with E-state index >= 15 is 0 Å². The molecule has 2 rings (SSSR count). The Balaban J connectivity index is 2.49. The minimum Gasteiger partial charge on any atom is -0.385 e. The van der Waals surface area contributed by atoms with Crippen LogP contribution in [0.15, 0.2) is 23.2 Å². The fourth-order valence-corrected chi connectivity index (χ4v) is 2.45. The maximum atomic E-state index is 11.9. The molecule has 1 aromatic carbocycles. The fourth-order valence-electron chi connectivity index (χ4n) is 2.45. The van der Waals surface area contributed by atoms with E-state index in [1.165, 1.54) is 0 Å². The van der Waals surface area contributed by atoms with Crippen molar-refractivity contribution in [3.05, 3.63) is 34.9 Å². The van der Waals surface area contributed by atoms with Gasteiger partial charge in [-0.1, -0.05) is 35.2 Å². The van der Waals surface area contributed by atoms with Crippen LogP contribution in [0.4, 0.5) is 4.79 Å². The molecule has 0 aromatic heterocycles. The maximum absolute atomic E-state index is 11.9. The Kier molecular flexibility index (Phi) is 3.30. The van der Waals surface area contributed by atoms with Gasteiger partial charge < -0.3 is 5.73 Å². The van der Waals surface area contributed by atoms with Gasteiger partial charge in [0, 0.05) is 0 Å². The molecular formula is C15H17N3O. The number of amides is 2. The molecule has 1 aliphatic rings. The first-order valence-electron chi connectivity index (χ1n) is 6.14. The molecule has 2 unspecified atom stereocenters. The highest BCUT2D eigenvalue weighted by molar-refractivity contribution is 6.03. The summed E-state index contributed by atoms with van der Waals surface area (Å²) in [4.78, 5) is 17.3. The lowest BCUT2D eigenvalue weighted by Crippen LogP contribution is -2.39. The van der Waals surface area contributed by atoms with Crippen molar-refractivity contribution < 1.29 is 4.79 Å². The molecule has 0 spiro atoms. The number of hydrogen-bond acceptors (Lipinski definition) is 2. The molecule has 1 aromatic rings. The Morgan fingerprint density at radius 3 is 2.47 bits per heavy atom. The molecule has 0 aliphatic carbocycles. The molecule has 2 N–H and O–H groups in total. The Bertz CT molecular complexity index is 578. The molecule has 0 fully saturated rings. The molecule has 98 valence electrons. The molecule has 19 heavy (non-hydrogen) atoms. The van der Waals surface area contributed by atoms with Gasteiger partial charge in [-0.15, -0.1) is 6.42 Å². The van der Waals surface area contributed by atoms with Crippen molar-refractivity contribution in [1.29, 1.82) is 0 Å². The summed E-state index contributed by atoms with van der Waals surface area (Å²) in [7, 11) is 0. The van der Waals surface area contributed by atoms with Gasteiger partial charge in [0.15, 0.2) is 0 Å². The number of hydrogen-bond donors (Lipinski definition) is 1.